The Labute approximate surface area is 135 Å². The van der Waals surface area contributed by atoms with Crippen LogP contribution in [0, 0.1) is 0 Å². The van der Waals surface area contributed by atoms with Crippen molar-refractivity contribution in [2.24, 2.45) is 5.73 Å². The number of aliphatic hydroxyl groups excluding tert-OH is 1. The van der Waals surface area contributed by atoms with E-state index in [1.54, 1.807) is 4.90 Å². The monoisotopic (exact) mass is 321 g/mol. The molecule has 1 saturated heterocycles. The van der Waals surface area contributed by atoms with E-state index in [1.165, 1.54) is 0 Å². The van der Waals surface area contributed by atoms with E-state index in [0.717, 1.165) is 5.56 Å². The lowest BCUT2D eigenvalue weighted by molar-refractivity contribution is -0.118. The highest BCUT2D eigenvalue weighted by atomic mass is 16.5. The molecule has 7 nitrogen and oxygen atoms in total. The lowest BCUT2D eigenvalue weighted by Crippen LogP contribution is -2.50. The molecule has 0 radical (unpaired) electrons. The number of aliphatic hydroxyl groups is 1. The standard InChI is InChI=1S/C16H23N3O4/c17-15(21)7-9-19(8-6-12-4-2-1-3-5-12)16(22)18-13-10-23-11-14(13)20/h1-5,13-14,20H,6-11H2,(H2,17,21)(H,18,22)/t13-,14-/m0/s1. The molecule has 1 aromatic carbocycles. The van der Waals surface area contributed by atoms with Crippen molar-refractivity contribution in [3.63, 3.8) is 0 Å². The van der Waals surface area contributed by atoms with Gasteiger partial charge in [-0.15, -0.1) is 0 Å². The van der Waals surface area contributed by atoms with Crippen LogP contribution in [0.3, 0.4) is 0 Å². The molecule has 7 heteroatoms. The summed E-state index contributed by atoms with van der Waals surface area (Å²) in [5.74, 6) is -0.452. The number of ether oxygens (including phenoxy) is 1. The molecular formula is C16H23N3O4. The molecule has 1 aliphatic heterocycles. The number of nitrogens with one attached hydrogen (secondary N) is 1. The number of hydrogen-bond donors (Lipinski definition) is 3. The van der Waals surface area contributed by atoms with Crippen LogP contribution in [-0.4, -0.2) is 60.4 Å². The summed E-state index contributed by atoms with van der Waals surface area (Å²) in [4.78, 5) is 24.9. The van der Waals surface area contributed by atoms with E-state index in [9.17, 15) is 14.7 Å². The minimum atomic E-state index is -0.703. The zero-order valence-corrected chi connectivity index (χ0v) is 13.0. The van der Waals surface area contributed by atoms with Crippen LogP contribution in [0.25, 0.3) is 0 Å². The smallest absolute Gasteiger partial charge is 0.317 e. The molecule has 1 heterocycles. The summed E-state index contributed by atoms with van der Waals surface area (Å²) >= 11 is 0. The van der Waals surface area contributed by atoms with Crippen molar-refractivity contribution in [3.05, 3.63) is 35.9 Å². The molecule has 0 bridgehead atoms. The topological polar surface area (TPSA) is 105 Å². The van der Waals surface area contributed by atoms with Crippen molar-refractivity contribution in [2.75, 3.05) is 26.3 Å². The predicted molar refractivity (Wildman–Crippen MR) is 84.7 cm³/mol. The SMILES string of the molecule is NC(=O)CCN(CCc1ccccc1)C(=O)N[C@H]1COC[C@@H]1O. The Bertz CT molecular complexity index is 523. The molecule has 0 saturated carbocycles. The summed E-state index contributed by atoms with van der Waals surface area (Å²) in [6.07, 6.45) is 0.0777. The Kier molecular flexibility index (Phi) is 6.37. The van der Waals surface area contributed by atoms with Crippen molar-refractivity contribution in [3.8, 4) is 0 Å². The molecule has 3 amide bonds. The molecule has 0 aliphatic carbocycles. The van der Waals surface area contributed by atoms with E-state index in [0.29, 0.717) is 13.0 Å². The van der Waals surface area contributed by atoms with Gasteiger partial charge in [-0.1, -0.05) is 30.3 Å². The van der Waals surface area contributed by atoms with Crippen LogP contribution in [0.15, 0.2) is 30.3 Å². The first kappa shape index (κ1) is 17.2. The lowest BCUT2D eigenvalue weighted by atomic mass is 10.1. The first-order chi connectivity index (χ1) is 11.1. The number of urea groups is 1. The molecule has 2 atom stereocenters. The van der Waals surface area contributed by atoms with Gasteiger partial charge in [0.15, 0.2) is 0 Å². The van der Waals surface area contributed by atoms with E-state index < -0.39 is 18.1 Å². The van der Waals surface area contributed by atoms with Gasteiger partial charge >= 0.3 is 6.03 Å². The summed E-state index contributed by atoms with van der Waals surface area (Å²) in [6.45, 7) is 1.22. The fourth-order valence-corrected chi connectivity index (χ4v) is 2.40. The predicted octanol–water partition coefficient (Wildman–Crippen LogP) is -0.124. The van der Waals surface area contributed by atoms with Gasteiger partial charge in [-0.25, -0.2) is 4.79 Å². The second-order valence-corrected chi connectivity index (χ2v) is 5.60. The maximum Gasteiger partial charge on any atom is 0.317 e. The van der Waals surface area contributed by atoms with Gasteiger partial charge in [0.25, 0.3) is 0 Å². The molecule has 0 aromatic heterocycles. The van der Waals surface area contributed by atoms with Crippen LogP contribution in [0.4, 0.5) is 4.79 Å². The third-order valence-corrected chi connectivity index (χ3v) is 3.79. The minimum Gasteiger partial charge on any atom is -0.388 e. The van der Waals surface area contributed by atoms with E-state index >= 15 is 0 Å². The number of primary amides is 1. The highest BCUT2D eigenvalue weighted by molar-refractivity contribution is 5.77. The number of rotatable bonds is 7. The molecule has 23 heavy (non-hydrogen) atoms. The fourth-order valence-electron chi connectivity index (χ4n) is 2.40. The first-order valence-corrected chi connectivity index (χ1v) is 7.69. The van der Waals surface area contributed by atoms with Crippen LogP contribution < -0.4 is 11.1 Å². The normalized spacial score (nSPS) is 20.2. The third kappa shape index (κ3) is 5.54. The molecule has 126 valence electrons. The van der Waals surface area contributed by atoms with Crippen LogP contribution >= 0.6 is 0 Å². The van der Waals surface area contributed by atoms with Crippen molar-refractivity contribution in [1.82, 2.24) is 10.2 Å². The number of benzene rings is 1. The van der Waals surface area contributed by atoms with Gasteiger partial charge in [0.05, 0.1) is 25.4 Å². The number of nitrogens with zero attached hydrogens (tertiary/aromatic N) is 1. The average Bonchev–Trinajstić information content (AvgIpc) is 2.93. The third-order valence-electron chi connectivity index (χ3n) is 3.79. The Morgan fingerprint density at radius 3 is 2.61 bits per heavy atom. The van der Waals surface area contributed by atoms with E-state index in [2.05, 4.69) is 5.32 Å². The molecule has 1 aliphatic rings. The fraction of sp³-hybridized carbons (Fsp3) is 0.500. The Balaban J connectivity index is 1.92. The molecule has 2 rings (SSSR count). The van der Waals surface area contributed by atoms with Gasteiger partial charge in [0, 0.05) is 19.5 Å². The average molecular weight is 321 g/mol. The quantitative estimate of drug-likeness (QED) is 0.651. The Morgan fingerprint density at radius 2 is 2.00 bits per heavy atom. The number of amides is 3. The van der Waals surface area contributed by atoms with E-state index in [-0.39, 0.29) is 32.2 Å². The van der Waals surface area contributed by atoms with Gasteiger partial charge < -0.3 is 25.8 Å². The van der Waals surface area contributed by atoms with E-state index in [1.807, 2.05) is 30.3 Å². The molecule has 0 spiro atoms. The summed E-state index contributed by atoms with van der Waals surface area (Å²) in [5.41, 5.74) is 6.28. The van der Waals surface area contributed by atoms with Gasteiger partial charge in [0.2, 0.25) is 5.91 Å². The second kappa shape index (κ2) is 8.50. The van der Waals surface area contributed by atoms with Crippen LogP contribution in [-0.2, 0) is 16.0 Å². The van der Waals surface area contributed by atoms with Gasteiger partial charge in [0.1, 0.15) is 0 Å². The summed E-state index contributed by atoms with van der Waals surface area (Å²) in [6, 6.07) is 9.04. The maximum atomic E-state index is 12.4. The molecular weight excluding hydrogens is 298 g/mol. The Hall–Kier alpha value is -2.12. The van der Waals surface area contributed by atoms with Crippen molar-refractivity contribution in [1.29, 1.82) is 0 Å². The van der Waals surface area contributed by atoms with Crippen molar-refractivity contribution < 1.29 is 19.4 Å². The van der Waals surface area contributed by atoms with Crippen molar-refractivity contribution in [2.45, 2.75) is 25.0 Å². The zero-order valence-electron chi connectivity index (χ0n) is 13.0. The zero-order chi connectivity index (χ0) is 16.7. The second-order valence-electron chi connectivity index (χ2n) is 5.60. The summed E-state index contributed by atoms with van der Waals surface area (Å²) < 4.78 is 5.12. The number of hydrogen-bond acceptors (Lipinski definition) is 4. The number of nitrogens with two attached hydrogens (primary N) is 1. The number of carbonyl (C=O) groups is 2. The minimum absolute atomic E-state index is 0.103. The summed E-state index contributed by atoms with van der Waals surface area (Å²) in [7, 11) is 0. The highest BCUT2D eigenvalue weighted by Gasteiger charge is 2.29. The largest absolute Gasteiger partial charge is 0.388 e. The van der Waals surface area contributed by atoms with Crippen LogP contribution in [0.1, 0.15) is 12.0 Å². The number of carbonyl (C=O) groups excluding carboxylic acids is 2. The van der Waals surface area contributed by atoms with Gasteiger partial charge in [-0.3, -0.25) is 4.79 Å². The maximum absolute atomic E-state index is 12.4. The first-order valence-electron chi connectivity index (χ1n) is 7.69. The lowest BCUT2D eigenvalue weighted by Gasteiger charge is -2.25. The summed E-state index contributed by atoms with van der Waals surface area (Å²) in [5, 5.41) is 12.5. The Morgan fingerprint density at radius 1 is 1.26 bits per heavy atom. The molecule has 1 aromatic rings. The van der Waals surface area contributed by atoms with Gasteiger partial charge in [-0.2, -0.15) is 0 Å². The molecule has 1 fully saturated rings. The van der Waals surface area contributed by atoms with Gasteiger partial charge in [-0.05, 0) is 12.0 Å². The highest BCUT2D eigenvalue weighted by Crippen LogP contribution is 2.07. The van der Waals surface area contributed by atoms with E-state index in [4.69, 9.17) is 10.5 Å². The van der Waals surface area contributed by atoms with Crippen LogP contribution in [0.5, 0.6) is 0 Å². The molecule has 0 unspecified atom stereocenters. The van der Waals surface area contributed by atoms with Crippen molar-refractivity contribution >= 4 is 11.9 Å². The van der Waals surface area contributed by atoms with Crippen LogP contribution in [0.2, 0.25) is 0 Å². The molecule has 4 N–H and O–H groups in total.